The minimum absolute atomic E-state index is 0.0107. The molecule has 2 heterocycles. The van der Waals surface area contributed by atoms with Gasteiger partial charge in [0.15, 0.2) is 0 Å². The van der Waals surface area contributed by atoms with Gasteiger partial charge in [0.05, 0.1) is 17.7 Å². The fourth-order valence-corrected chi connectivity index (χ4v) is 6.01. The van der Waals surface area contributed by atoms with Crippen LogP contribution in [0.25, 0.3) is 5.57 Å². The Morgan fingerprint density at radius 3 is 2.38 bits per heavy atom. The number of hydrogen-bond donors (Lipinski definition) is 1. The fourth-order valence-electron chi connectivity index (χ4n) is 6.01. The molecule has 7 nitrogen and oxygen atoms in total. The van der Waals surface area contributed by atoms with Crippen LogP contribution in [0.15, 0.2) is 48.5 Å². The Labute approximate surface area is 231 Å². The highest BCUT2D eigenvalue weighted by atomic mass is 16.6. The molecular formula is C32H38N4O3. The summed E-state index contributed by atoms with van der Waals surface area (Å²) in [6, 6.07) is 16.3. The predicted molar refractivity (Wildman–Crippen MR) is 153 cm³/mol. The van der Waals surface area contributed by atoms with Gasteiger partial charge in [-0.05, 0) is 99.0 Å². The Morgan fingerprint density at radius 1 is 1.10 bits per heavy atom. The topological polar surface area (TPSA) is 85.7 Å². The minimum atomic E-state index is -0.520. The molecule has 2 aliphatic heterocycles. The summed E-state index contributed by atoms with van der Waals surface area (Å²) in [6.45, 7) is 10.7. The van der Waals surface area contributed by atoms with Gasteiger partial charge in [0.2, 0.25) is 5.91 Å². The van der Waals surface area contributed by atoms with Crippen molar-refractivity contribution in [3.63, 3.8) is 0 Å². The number of amides is 2. The quantitative estimate of drug-likeness (QED) is 0.490. The van der Waals surface area contributed by atoms with Gasteiger partial charge in [-0.1, -0.05) is 19.1 Å². The number of carbonyl (C=O) groups excluding carboxylic acids is 2. The number of nitrogens with one attached hydrogen (secondary N) is 1. The number of carbonyl (C=O) groups is 2. The van der Waals surface area contributed by atoms with Crippen LogP contribution in [0.2, 0.25) is 0 Å². The van der Waals surface area contributed by atoms with E-state index in [4.69, 9.17) is 4.74 Å². The van der Waals surface area contributed by atoms with Crippen LogP contribution in [0.4, 0.5) is 16.2 Å². The molecule has 0 saturated heterocycles. The van der Waals surface area contributed by atoms with Crippen LogP contribution in [0.3, 0.4) is 0 Å². The molecule has 1 fully saturated rings. The lowest BCUT2D eigenvalue weighted by Gasteiger charge is -2.46. The molecule has 39 heavy (non-hydrogen) atoms. The normalized spacial score (nSPS) is 22.9. The summed E-state index contributed by atoms with van der Waals surface area (Å²) in [6.07, 6.45) is 4.86. The van der Waals surface area contributed by atoms with Crippen LogP contribution in [0, 0.1) is 23.2 Å². The van der Waals surface area contributed by atoms with E-state index in [1.807, 2.05) is 49.9 Å². The first-order chi connectivity index (χ1) is 18.6. The first-order valence-corrected chi connectivity index (χ1v) is 13.9. The molecule has 0 spiro atoms. The average molecular weight is 527 g/mol. The molecule has 0 bridgehead atoms. The Bertz CT molecular complexity index is 1330. The molecule has 3 aliphatic rings. The van der Waals surface area contributed by atoms with Crippen LogP contribution < -0.4 is 10.2 Å². The predicted octanol–water partition coefficient (Wildman–Crippen LogP) is 6.52. The van der Waals surface area contributed by atoms with Gasteiger partial charge in [-0.2, -0.15) is 5.26 Å². The van der Waals surface area contributed by atoms with E-state index in [2.05, 4.69) is 42.6 Å². The third-order valence-corrected chi connectivity index (χ3v) is 8.00. The third-order valence-electron chi connectivity index (χ3n) is 8.00. The highest BCUT2D eigenvalue weighted by Gasteiger charge is 2.47. The highest BCUT2D eigenvalue weighted by molar-refractivity contribution is 5.94. The first kappa shape index (κ1) is 26.8. The van der Waals surface area contributed by atoms with Crippen LogP contribution in [0.1, 0.15) is 76.6 Å². The maximum atomic E-state index is 13.0. The van der Waals surface area contributed by atoms with Crippen molar-refractivity contribution in [1.29, 1.82) is 5.26 Å². The van der Waals surface area contributed by atoms with Gasteiger partial charge in [0.25, 0.3) is 0 Å². The van der Waals surface area contributed by atoms with Crippen molar-refractivity contribution < 1.29 is 14.3 Å². The Kier molecular flexibility index (Phi) is 7.15. The molecule has 3 atom stereocenters. The largest absolute Gasteiger partial charge is 0.444 e. The minimum Gasteiger partial charge on any atom is -0.444 e. The van der Waals surface area contributed by atoms with E-state index in [-0.39, 0.29) is 30.0 Å². The van der Waals surface area contributed by atoms with Crippen LogP contribution >= 0.6 is 0 Å². The van der Waals surface area contributed by atoms with Crippen LogP contribution in [0.5, 0.6) is 0 Å². The zero-order valence-corrected chi connectivity index (χ0v) is 23.5. The monoisotopic (exact) mass is 526 g/mol. The fraction of sp³-hybridized carbons (Fsp3) is 0.469. The van der Waals surface area contributed by atoms with E-state index in [0.29, 0.717) is 24.6 Å². The molecular weight excluding hydrogens is 488 g/mol. The molecule has 0 radical (unpaired) electrons. The van der Waals surface area contributed by atoms with Crippen molar-refractivity contribution in [2.75, 3.05) is 23.3 Å². The molecule has 1 saturated carbocycles. The van der Waals surface area contributed by atoms with Crippen molar-refractivity contribution in [2.45, 2.75) is 71.6 Å². The number of rotatable bonds is 4. The van der Waals surface area contributed by atoms with E-state index in [1.165, 1.54) is 5.57 Å². The molecule has 1 unspecified atom stereocenters. The van der Waals surface area contributed by atoms with E-state index in [9.17, 15) is 14.9 Å². The zero-order valence-electron chi connectivity index (χ0n) is 23.5. The lowest BCUT2D eigenvalue weighted by Crippen LogP contribution is -2.51. The van der Waals surface area contributed by atoms with E-state index in [0.717, 1.165) is 41.8 Å². The molecule has 7 heteroatoms. The maximum absolute atomic E-state index is 13.0. The number of benzene rings is 2. The molecule has 2 aromatic carbocycles. The maximum Gasteiger partial charge on any atom is 0.410 e. The summed E-state index contributed by atoms with van der Waals surface area (Å²) in [7, 11) is 0. The van der Waals surface area contributed by atoms with Gasteiger partial charge in [-0.15, -0.1) is 0 Å². The SMILES string of the molecule is CC(=O)N1c2ccc(C3=CCN(C(=O)OC(C)(C)C)CC3)cc2C(Nc2ccc(C#N)cc2)[C@@H](C)[C@@H]1C1CC1. The molecule has 5 rings (SSSR count). The van der Waals surface area contributed by atoms with Gasteiger partial charge in [0, 0.05) is 43.3 Å². The summed E-state index contributed by atoms with van der Waals surface area (Å²) in [5.41, 5.74) is 5.45. The van der Waals surface area contributed by atoms with E-state index < -0.39 is 5.60 Å². The van der Waals surface area contributed by atoms with Crippen molar-refractivity contribution in [1.82, 2.24) is 4.90 Å². The molecule has 0 aromatic heterocycles. The summed E-state index contributed by atoms with van der Waals surface area (Å²) in [5, 5.41) is 13.0. The second-order valence-corrected chi connectivity index (χ2v) is 12.1. The molecule has 1 aliphatic carbocycles. The first-order valence-electron chi connectivity index (χ1n) is 13.9. The Balaban J connectivity index is 1.48. The average Bonchev–Trinajstić information content (AvgIpc) is 3.74. The van der Waals surface area contributed by atoms with Gasteiger partial charge in [-0.3, -0.25) is 4.79 Å². The summed E-state index contributed by atoms with van der Waals surface area (Å²) in [5.74, 6) is 0.791. The number of hydrogen-bond acceptors (Lipinski definition) is 5. The second-order valence-electron chi connectivity index (χ2n) is 12.1. The lowest BCUT2D eigenvalue weighted by atomic mass is 9.78. The number of anilines is 2. The number of ether oxygens (including phenoxy) is 1. The number of nitrogens with zero attached hydrogens (tertiary/aromatic N) is 3. The van der Waals surface area contributed by atoms with E-state index in [1.54, 1.807) is 11.8 Å². The van der Waals surface area contributed by atoms with Crippen molar-refractivity contribution in [3.8, 4) is 6.07 Å². The lowest BCUT2D eigenvalue weighted by molar-refractivity contribution is -0.117. The van der Waals surface area contributed by atoms with Crippen LogP contribution in [-0.4, -0.2) is 41.6 Å². The molecule has 1 N–H and O–H groups in total. The number of fused-ring (bicyclic) bond motifs is 1. The smallest absolute Gasteiger partial charge is 0.410 e. The van der Waals surface area contributed by atoms with Gasteiger partial charge in [0.1, 0.15) is 5.60 Å². The molecule has 2 aromatic rings. The van der Waals surface area contributed by atoms with Crippen molar-refractivity contribution >= 4 is 28.9 Å². The van der Waals surface area contributed by atoms with Gasteiger partial charge >= 0.3 is 6.09 Å². The summed E-state index contributed by atoms with van der Waals surface area (Å²) in [4.78, 5) is 29.3. The van der Waals surface area contributed by atoms with Crippen molar-refractivity contribution in [3.05, 3.63) is 65.2 Å². The second kappa shape index (κ2) is 10.4. The molecule has 2 amide bonds. The summed E-state index contributed by atoms with van der Waals surface area (Å²) < 4.78 is 5.55. The number of nitriles is 1. The van der Waals surface area contributed by atoms with Gasteiger partial charge < -0.3 is 19.9 Å². The summed E-state index contributed by atoms with van der Waals surface area (Å²) >= 11 is 0. The van der Waals surface area contributed by atoms with Crippen molar-refractivity contribution in [2.24, 2.45) is 11.8 Å². The zero-order chi connectivity index (χ0) is 27.9. The van der Waals surface area contributed by atoms with Crippen LogP contribution in [-0.2, 0) is 9.53 Å². The standard InChI is InChI=1S/C32H38N4O3/c1-20-29(34-26-11-6-22(19-33)7-12-26)27-18-25(10-13-28(27)36(21(2)37)30(20)24-8-9-24)23-14-16-35(17-15-23)31(38)39-32(3,4)5/h6-7,10-14,18,20,24,29-30,34H,8-9,15-17H2,1-5H3/t20-,29?,30-/m1/s1. The molecule has 204 valence electrons. The Hall–Kier alpha value is -3.79. The highest BCUT2D eigenvalue weighted by Crippen LogP contribution is 2.50. The van der Waals surface area contributed by atoms with Gasteiger partial charge in [-0.25, -0.2) is 4.79 Å². The Morgan fingerprint density at radius 2 is 1.82 bits per heavy atom. The third kappa shape index (κ3) is 5.66. The van der Waals surface area contributed by atoms with E-state index >= 15 is 0 Å².